The molecule has 9 heteroatoms. The number of benzene rings is 3. The van der Waals surface area contributed by atoms with Crippen LogP contribution in [0.2, 0.25) is 0 Å². The van der Waals surface area contributed by atoms with E-state index in [4.69, 9.17) is 14.2 Å². The smallest absolute Gasteiger partial charge is 0.357 e. The van der Waals surface area contributed by atoms with Gasteiger partial charge in [0.1, 0.15) is 29.4 Å². The van der Waals surface area contributed by atoms with Gasteiger partial charge in [-0.15, -0.1) is 0 Å². The molecule has 0 atom stereocenters. The normalized spacial score (nSPS) is 10.6. The zero-order chi connectivity index (χ0) is 24.9. The number of rotatable bonds is 7. The van der Waals surface area contributed by atoms with Crippen LogP contribution in [-0.4, -0.2) is 35.9 Å². The average molecular weight is 539 g/mol. The molecule has 3 aromatic carbocycles. The first-order valence-corrected chi connectivity index (χ1v) is 11.2. The van der Waals surface area contributed by atoms with Crippen LogP contribution < -0.4 is 4.74 Å². The maximum absolute atomic E-state index is 14.2. The Balaban J connectivity index is 1.92. The Morgan fingerprint density at radius 2 is 1.63 bits per heavy atom. The summed E-state index contributed by atoms with van der Waals surface area (Å²) in [7, 11) is 2.43. The van der Waals surface area contributed by atoms with Crippen molar-refractivity contribution >= 4 is 27.9 Å². The van der Waals surface area contributed by atoms with E-state index in [-0.39, 0.29) is 23.6 Å². The highest BCUT2D eigenvalue weighted by molar-refractivity contribution is 9.10. The lowest BCUT2D eigenvalue weighted by atomic mass is 10.0. The first-order valence-electron chi connectivity index (χ1n) is 10.5. The first kappa shape index (κ1) is 24.2. The molecule has 178 valence electrons. The molecule has 0 N–H and O–H groups in total. The minimum absolute atomic E-state index is 0.0574. The van der Waals surface area contributed by atoms with Crippen LogP contribution in [0, 0.1) is 5.82 Å². The van der Waals surface area contributed by atoms with Gasteiger partial charge >= 0.3 is 11.9 Å². The van der Waals surface area contributed by atoms with E-state index in [1.54, 1.807) is 60.7 Å². The second-order valence-corrected chi connectivity index (χ2v) is 8.24. The van der Waals surface area contributed by atoms with Gasteiger partial charge in [-0.3, -0.25) is 0 Å². The molecular weight excluding hydrogens is 519 g/mol. The highest BCUT2D eigenvalue weighted by Crippen LogP contribution is 2.37. The Bertz CT molecular complexity index is 1390. The molecule has 0 unspecified atom stereocenters. The zero-order valence-corrected chi connectivity index (χ0v) is 20.4. The molecule has 0 spiro atoms. The number of methoxy groups -OCH3 is 2. The predicted octanol–water partition coefficient (Wildman–Crippen LogP) is 5.59. The number of hydrogen-bond acceptors (Lipinski definition) is 6. The lowest BCUT2D eigenvalue weighted by Crippen LogP contribution is -2.15. The number of carbonyl (C=O) groups excluding carboxylic acids is 2. The highest BCUT2D eigenvalue weighted by Gasteiger charge is 2.32. The minimum atomic E-state index is -0.775. The van der Waals surface area contributed by atoms with E-state index in [0.717, 1.165) is 0 Å². The fourth-order valence-electron chi connectivity index (χ4n) is 3.53. The number of ether oxygens (including phenoxy) is 3. The van der Waals surface area contributed by atoms with Crippen LogP contribution in [-0.2, 0) is 16.1 Å². The SMILES string of the molecule is COC(=O)c1c(-c2cc(Br)ccc2OCc2ccccc2F)nn(-c2ccccc2)c1C(=O)OC. The van der Waals surface area contributed by atoms with E-state index in [2.05, 4.69) is 21.0 Å². The van der Waals surface area contributed by atoms with Gasteiger partial charge in [-0.1, -0.05) is 52.3 Å². The molecule has 0 saturated carbocycles. The third-order valence-electron chi connectivity index (χ3n) is 5.19. The van der Waals surface area contributed by atoms with Crippen LogP contribution >= 0.6 is 15.9 Å². The highest BCUT2D eigenvalue weighted by atomic mass is 79.9. The molecular formula is C26H20BrFN2O5. The molecule has 0 saturated heterocycles. The maximum Gasteiger partial charge on any atom is 0.357 e. The Morgan fingerprint density at radius 1 is 0.943 bits per heavy atom. The van der Waals surface area contributed by atoms with E-state index in [1.165, 1.54) is 25.0 Å². The third-order valence-corrected chi connectivity index (χ3v) is 5.69. The molecule has 7 nitrogen and oxygen atoms in total. The summed E-state index contributed by atoms with van der Waals surface area (Å²) < 4.78 is 32.1. The van der Waals surface area contributed by atoms with Gasteiger partial charge < -0.3 is 14.2 Å². The predicted molar refractivity (Wildman–Crippen MR) is 130 cm³/mol. The summed E-state index contributed by atoms with van der Waals surface area (Å²) in [5, 5.41) is 4.60. The topological polar surface area (TPSA) is 79.7 Å². The summed E-state index contributed by atoms with van der Waals surface area (Å²) in [6, 6.07) is 20.2. The summed E-state index contributed by atoms with van der Waals surface area (Å²) in [4.78, 5) is 25.7. The van der Waals surface area contributed by atoms with Gasteiger partial charge in [-0.05, 0) is 36.4 Å². The molecule has 1 aromatic heterocycles. The van der Waals surface area contributed by atoms with Gasteiger partial charge in [-0.25, -0.2) is 18.7 Å². The Kier molecular flexibility index (Phi) is 7.26. The number of carbonyl (C=O) groups is 2. The maximum atomic E-state index is 14.2. The summed E-state index contributed by atoms with van der Waals surface area (Å²) >= 11 is 3.43. The number of esters is 2. The summed E-state index contributed by atoms with van der Waals surface area (Å²) in [6.07, 6.45) is 0. The Morgan fingerprint density at radius 3 is 2.31 bits per heavy atom. The average Bonchev–Trinajstić information content (AvgIpc) is 3.29. The Hall–Kier alpha value is -3.98. The largest absolute Gasteiger partial charge is 0.488 e. The van der Waals surface area contributed by atoms with Crippen LogP contribution in [0.15, 0.2) is 77.3 Å². The summed E-state index contributed by atoms with van der Waals surface area (Å²) in [5.41, 5.74) is 1.26. The lowest BCUT2D eigenvalue weighted by molar-refractivity contribution is 0.0549. The summed E-state index contributed by atoms with van der Waals surface area (Å²) in [6.45, 7) is -0.0574. The molecule has 0 aliphatic rings. The lowest BCUT2D eigenvalue weighted by Gasteiger charge is -2.12. The van der Waals surface area contributed by atoms with Crippen LogP contribution in [0.3, 0.4) is 0 Å². The van der Waals surface area contributed by atoms with E-state index in [0.29, 0.717) is 27.0 Å². The van der Waals surface area contributed by atoms with Crippen molar-refractivity contribution in [3.63, 3.8) is 0 Å². The van der Waals surface area contributed by atoms with Gasteiger partial charge in [0.25, 0.3) is 0 Å². The molecule has 4 aromatic rings. The van der Waals surface area contributed by atoms with Crippen molar-refractivity contribution in [3.05, 3.63) is 99.9 Å². The second kappa shape index (κ2) is 10.5. The Labute approximate surface area is 209 Å². The van der Waals surface area contributed by atoms with Crippen molar-refractivity contribution in [2.75, 3.05) is 14.2 Å². The molecule has 4 rings (SSSR count). The van der Waals surface area contributed by atoms with E-state index >= 15 is 0 Å². The van der Waals surface area contributed by atoms with Crippen LogP contribution in [0.1, 0.15) is 26.4 Å². The number of halogens is 2. The number of nitrogens with zero attached hydrogens (tertiary/aromatic N) is 2. The van der Waals surface area contributed by atoms with Gasteiger partial charge in [0.2, 0.25) is 0 Å². The molecule has 0 aliphatic carbocycles. The second-order valence-electron chi connectivity index (χ2n) is 7.32. The number of para-hydroxylation sites is 1. The van der Waals surface area contributed by atoms with E-state index < -0.39 is 17.8 Å². The van der Waals surface area contributed by atoms with Gasteiger partial charge in [0.05, 0.1) is 19.9 Å². The molecule has 1 heterocycles. The van der Waals surface area contributed by atoms with Gasteiger partial charge in [0.15, 0.2) is 5.69 Å². The fourth-order valence-corrected chi connectivity index (χ4v) is 3.89. The van der Waals surface area contributed by atoms with Crippen molar-refractivity contribution in [1.29, 1.82) is 0 Å². The number of aromatic nitrogens is 2. The van der Waals surface area contributed by atoms with E-state index in [1.807, 2.05) is 6.07 Å². The van der Waals surface area contributed by atoms with E-state index in [9.17, 15) is 14.0 Å². The molecule has 0 amide bonds. The monoisotopic (exact) mass is 538 g/mol. The van der Waals surface area contributed by atoms with Gasteiger partial charge in [0, 0.05) is 15.6 Å². The van der Waals surface area contributed by atoms with Crippen molar-refractivity contribution in [3.8, 4) is 22.7 Å². The van der Waals surface area contributed by atoms with Crippen molar-refractivity contribution in [2.24, 2.45) is 0 Å². The molecule has 35 heavy (non-hydrogen) atoms. The van der Waals surface area contributed by atoms with Crippen LogP contribution in [0.25, 0.3) is 16.9 Å². The summed E-state index contributed by atoms with van der Waals surface area (Å²) in [5.74, 6) is -1.61. The van der Waals surface area contributed by atoms with Crippen LogP contribution in [0.4, 0.5) is 4.39 Å². The minimum Gasteiger partial charge on any atom is -0.488 e. The van der Waals surface area contributed by atoms with Crippen LogP contribution in [0.5, 0.6) is 5.75 Å². The molecule has 0 radical (unpaired) electrons. The van der Waals surface area contributed by atoms with Crippen molar-refractivity contribution < 1.29 is 28.2 Å². The van der Waals surface area contributed by atoms with Crippen molar-refractivity contribution in [1.82, 2.24) is 9.78 Å². The molecule has 0 bridgehead atoms. The first-order chi connectivity index (χ1) is 16.9. The number of hydrogen-bond donors (Lipinski definition) is 0. The zero-order valence-electron chi connectivity index (χ0n) is 18.8. The van der Waals surface area contributed by atoms with Crippen molar-refractivity contribution in [2.45, 2.75) is 6.61 Å². The quantitative estimate of drug-likeness (QED) is 0.285. The third kappa shape index (κ3) is 4.95. The molecule has 0 aliphatic heterocycles. The molecule has 0 fully saturated rings. The van der Waals surface area contributed by atoms with Gasteiger partial charge in [-0.2, -0.15) is 5.10 Å². The standard InChI is InChI=1S/C26H20BrFN2O5/c1-33-25(31)22-23(29-30(24(22)26(32)34-2)18-9-4-3-5-10-18)19-14-17(27)12-13-21(19)35-15-16-8-6-7-11-20(16)28/h3-14H,15H2,1-2H3. The fraction of sp³-hybridized carbons (Fsp3) is 0.115.